The molecule has 2 amide bonds. The molecule has 0 bridgehead atoms. The minimum Gasteiger partial charge on any atom is -0.484 e. The molecular weight excluding hydrogens is 460 g/mol. The highest BCUT2D eigenvalue weighted by Crippen LogP contribution is 2.20. The Kier molecular flexibility index (Phi) is 9.74. The molecule has 3 aromatic rings. The molecule has 0 fully saturated rings. The van der Waals surface area contributed by atoms with E-state index in [0.717, 1.165) is 11.1 Å². The number of carbonyl (C=O) groups is 2. The number of ether oxygens (including phenoxy) is 1. The number of amides is 2. The summed E-state index contributed by atoms with van der Waals surface area (Å²) in [5.74, 6) is 0.552. The maximum atomic E-state index is 13.5. The molecule has 0 saturated carbocycles. The van der Waals surface area contributed by atoms with Gasteiger partial charge in [-0.25, -0.2) is 0 Å². The molecule has 3 aromatic carbocycles. The van der Waals surface area contributed by atoms with Gasteiger partial charge in [0, 0.05) is 24.5 Å². The van der Waals surface area contributed by atoms with Crippen molar-refractivity contribution in [3.63, 3.8) is 0 Å². The quantitative estimate of drug-likeness (QED) is 0.378. The summed E-state index contributed by atoms with van der Waals surface area (Å²) < 4.78 is 5.84. The van der Waals surface area contributed by atoms with E-state index in [1.807, 2.05) is 79.7 Å². The van der Waals surface area contributed by atoms with Gasteiger partial charge in [0.2, 0.25) is 5.91 Å². The second-order valence-electron chi connectivity index (χ2n) is 8.76. The van der Waals surface area contributed by atoms with E-state index in [2.05, 4.69) is 19.2 Å². The standard InChI is InChI=1S/C29H33ClN2O3/c1-4-31-29(34)27(18-22-9-6-5-7-10-22)32(19-23-11-8-12-25(30)17-23)28(33)20-35-26-15-13-24(14-16-26)21(2)3/h5-17,21,27H,4,18-20H2,1-3H3,(H,31,34)/t27-/m0/s1. The summed E-state index contributed by atoms with van der Waals surface area (Å²) in [6.45, 7) is 6.66. The molecule has 3 rings (SSSR count). The van der Waals surface area contributed by atoms with Gasteiger partial charge < -0.3 is 15.0 Å². The van der Waals surface area contributed by atoms with Crippen LogP contribution in [0.1, 0.15) is 43.4 Å². The van der Waals surface area contributed by atoms with Crippen molar-refractivity contribution in [1.29, 1.82) is 0 Å². The van der Waals surface area contributed by atoms with Crippen LogP contribution in [-0.2, 0) is 22.6 Å². The van der Waals surface area contributed by atoms with Crippen molar-refractivity contribution in [2.24, 2.45) is 0 Å². The Morgan fingerprint density at radius 1 is 0.943 bits per heavy atom. The highest BCUT2D eigenvalue weighted by atomic mass is 35.5. The van der Waals surface area contributed by atoms with E-state index in [1.54, 1.807) is 11.0 Å². The van der Waals surface area contributed by atoms with Gasteiger partial charge in [0.05, 0.1) is 0 Å². The fourth-order valence-corrected chi connectivity index (χ4v) is 4.07. The summed E-state index contributed by atoms with van der Waals surface area (Å²) in [4.78, 5) is 28.3. The third kappa shape index (κ3) is 7.86. The van der Waals surface area contributed by atoms with Gasteiger partial charge in [0.25, 0.3) is 5.91 Å². The third-order valence-corrected chi connectivity index (χ3v) is 6.01. The number of hydrogen-bond donors (Lipinski definition) is 1. The van der Waals surface area contributed by atoms with Gasteiger partial charge in [-0.3, -0.25) is 9.59 Å². The fourth-order valence-electron chi connectivity index (χ4n) is 3.85. The van der Waals surface area contributed by atoms with Gasteiger partial charge in [0.15, 0.2) is 6.61 Å². The Balaban J connectivity index is 1.86. The molecule has 0 radical (unpaired) electrons. The average molecular weight is 493 g/mol. The van der Waals surface area contributed by atoms with Crippen LogP contribution in [0.25, 0.3) is 0 Å². The van der Waals surface area contributed by atoms with Crippen LogP contribution in [0.2, 0.25) is 5.02 Å². The van der Waals surface area contributed by atoms with E-state index >= 15 is 0 Å². The number of hydrogen-bond acceptors (Lipinski definition) is 3. The Labute approximate surface area is 213 Å². The van der Waals surface area contributed by atoms with Crippen LogP contribution >= 0.6 is 11.6 Å². The molecule has 0 aromatic heterocycles. The van der Waals surface area contributed by atoms with E-state index in [-0.39, 0.29) is 25.0 Å². The lowest BCUT2D eigenvalue weighted by molar-refractivity contribution is -0.142. The van der Waals surface area contributed by atoms with Crippen molar-refractivity contribution >= 4 is 23.4 Å². The molecule has 0 saturated heterocycles. The molecule has 0 aliphatic rings. The van der Waals surface area contributed by atoms with Crippen molar-refractivity contribution in [3.05, 3.63) is 101 Å². The molecule has 1 N–H and O–H groups in total. The average Bonchev–Trinajstić information content (AvgIpc) is 2.85. The number of halogens is 1. The second kappa shape index (κ2) is 13.0. The molecule has 1 atom stereocenters. The number of nitrogens with zero attached hydrogens (tertiary/aromatic N) is 1. The van der Waals surface area contributed by atoms with Crippen molar-refractivity contribution in [3.8, 4) is 5.75 Å². The molecule has 0 unspecified atom stereocenters. The minimum absolute atomic E-state index is 0.174. The normalized spacial score (nSPS) is 11.7. The highest BCUT2D eigenvalue weighted by molar-refractivity contribution is 6.30. The van der Waals surface area contributed by atoms with Crippen LogP contribution in [0, 0.1) is 0 Å². The zero-order valence-electron chi connectivity index (χ0n) is 20.5. The molecule has 5 nitrogen and oxygen atoms in total. The summed E-state index contributed by atoms with van der Waals surface area (Å²) in [6.07, 6.45) is 0.391. The maximum absolute atomic E-state index is 13.5. The fraction of sp³-hybridized carbons (Fsp3) is 0.310. The first-order chi connectivity index (χ1) is 16.9. The molecule has 0 aliphatic heterocycles. The van der Waals surface area contributed by atoms with Gasteiger partial charge in [0.1, 0.15) is 11.8 Å². The zero-order valence-corrected chi connectivity index (χ0v) is 21.3. The smallest absolute Gasteiger partial charge is 0.261 e. The summed E-state index contributed by atoms with van der Waals surface area (Å²) in [5, 5.41) is 3.47. The van der Waals surface area contributed by atoms with E-state index in [4.69, 9.17) is 16.3 Å². The summed E-state index contributed by atoms with van der Waals surface area (Å²) in [7, 11) is 0. The lowest BCUT2D eigenvalue weighted by atomic mass is 10.0. The van der Waals surface area contributed by atoms with Gasteiger partial charge in [-0.2, -0.15) is 0 Å². The molecule has 0 heterocycles. The maximum Gasteiger partial charge on any atom is 0.261 e. The first-order valence-corrected chi connectivity index (χ1v) is 12.3. The minimum atomic E-state index is -0.698. The molecular formula is C29H33ClN2O3. The Morgan fingerprint density at radius 3 is 2.26 bits per heavy atom. The molecule has 35 heavy (non-hydrogen) atoms. The number of benzene rings is 3. The third-order valence-electron chi connectivity index (χ3n) is 5.77. The Bertz CT molecular complexity index is 1100. The lowest BCUT2D eigenvalue weighted by Gasteiger charge is -2.31. The van der Waals surface area contributed by atoms with Crippen molar-refractivity contribution in [1.82, 2.24) is 10.2 Å². The Morgan fingerprint density at radius 2 is 1.63 bits per heavy atom. The van der Waals surface area contributed by atoms with Crippen molar-refractivity contribution in [2.45, 2.75) is 45.7 Å². The van der Waals surface area contributed by atoms with Crippen LogP contribution in [0.4, 0.5) is 0 Å². The molecule has 6 heteroatoms. The number of carbonyl (C=O) groups excluding carboxylic acids is 2. The zero-order chi connectivity index (χ0) is 25.2. The highest BCUT2D eigenvalue weighted by Gasteiger charge is 2.30. The first kappa shape index (κ1) is 26.3. The van der Waals surface area contributed by atoms with Crippen LogP contribution in [0.3, 0.4) is 0 Å². The van der Waals surface area contributed by atoms with Crippen molar-refractivity contribution in [2.75, 3.05) is 13.2 Å². The summed E-state index contributed by atoms with van der Waals surface area (Å²) >= 11 is 6.20. The molecule has 0 aliphatic carbocycles. The predicted octanol–water partition coefficient (Wildman–Crippen LogP) is 5.62. The van der Waals surface area contributed by atoms with Gasteiger partial charge in [-0.15, -0.1) is 0 Å². The van der Waals surface area contributed by atoms with E-state index in [1.165, 1.54) is 5.56 Å². The van der Waals surface area contributed by atoms with E-state index in [0.29, 0.717) is 29.7 Å². The van der Waals surface area contributed by atoms with Crippen LogP contribution in [-0.4, -0.2) is 35.9 Å². The largest absolute Gasteiger partial charge is 0.484 e. The lowest BCUT2D eigenvalue weighted by Crippen LogP contribution is -2.51. The SMILES string of the molecule is CCNC(=O)[C@H](Cc1ccccc1)N(Cc1cccc(Cl)c1)C(=O)COc1ccc(C(C)C)cc1. The molecule has 0 spiro atoms. The van der Waals surface area contributed by atoms with Gasteiger partial charge >= 0.3 is 0 Å². The summed E-state index contributed by atoms with van der Waals surface area (Å²) in [6, 6.07) is 24.1. The molecule has 184 valence electrons. The number of likely N-dealkylation sites (N-methyl/N-ethyl adjacent to an activating group) is 1. The number of rotatable bonds is 11. The second-order valence-corrected chi connectivity index (χ2v) is 9.20. The van der Waals surface area contributed by atoms with Crippen LogP contribution in [0.15, 0.2) is 78.9 Å². The van der Waals surface area contributed by atoms with E-state index in [9.17, 15) is 9.59 Å². The Hall–Kier alpha value is -3.31. The van der Waals surface area contributed by atoms with Gasteiger partial charge in [-0.05, 0) is 53.8 Å². The topological polar surface area (TPSA) is 58.6 Å². The summed E-state index contributed by atoms with van der Waals surface area (Å²) in [5.41, 5.74) is 3.01. The first-order valence-electron chi connectivity index (χ1n) is 12.0. The van der Waals surface area contributed by atoms with Gasteiger partial charge in [-0.1, -0.05) is 80.0 Å². The van der Waals surface area contributed by atoms with Crippen LogP contribution in [0.5, 0.6) is 5.75 Å². The van der Waals surface area contributed by atoms with Crippen LogP contribution < -0.4 is 10.1 Å². The monoisotopic (exact) mass is 492 g/mol. The number of nitrogens with one attached hydrogen (secondary N) is 1. The van der Waals surface area contributed by atoms with E-state index < -0.39 is 6.04 Å². The van der Waals surface area contributed by atoms with Crippen molar-refractivity contribution < 1.29 is 14.3 Å². The predicted molar refractivity (Wildman–Crippen MR) is 141 cm³/mol.